The first-order valence-electron chi connectivity index (χ1n) is 23.8. The molecule has 6 rings (SSSR count). The minimum atomic E-state index is -3.39. The molecular weight excluding hydrogens is 833 g/mol. The molecule has 2 saturated carbocycles. The van der Waals surface area contributed by atoms with Gasteiger partial charge in [0, 0.05) is 39.3 Å². The van der Waals surface area contributed by atoms with Gasteiger partial charge >= 0.3 is 30.0 Å². The van der Waals surface area contributed by atoms with Crippen LogP contribution in [0.25, 0.3) is 0 Å². The summed E-state index contributed by atoms with van der Waals surface area (Å²) >= 11 is 0. The van der Waals surface area contributed by atoms with E-state index in [2.05, 4.69) is 5.32 Å². The van der Waals surface area contributed by atoms with Gasteiger partial charge in [-0.1, -0.05) is 62.4 Å². The number of ketones is 1. The fraction of sp³-hybridized carbons (Fsp3) is 0.574. The highest BCUT2D eigenvalue weighted by Crippen LogP contribution is 2.64. The molecular formula is C47H60N2O15. The summed E-state index contributed by atoms with van der Waals surface area (Å²) in [5, 5.41) is 16.5. The summed E-state index contributed by atoms with van der Waals surface area (Å²) in [6.45, 7) is 10.1. The van der Waals surface area contributed by atoms with E-state index >= 15 is 4.79 Å². The zero-order valence-corrected chi connectivity index (χ0v) is 37.0. The number of hydrogen-bond acceptors (Lipinski definition) is 16. The molecule has 4 aliphatic rings. The van der Waals surface area contributed by atoms with E-state index in [1.54, 1.807) is 45.0 Å². The summed E-state index contributed by atoms with van der Waals surface area (Å²) in [7, 11) is -6.61. The Balaban J connectivity index is 1.63. The second kappa shape index (κ2) is 18.0. The summed E-state index contributed by atoms with van der Waals surface area (Å²) in [6, 6.07) is 13.8. The molecule has 64 heavy (non-hydrogen) atoms. The Labute approximate surface area is 381 Å². The molecule has 1 saturated heterocycles. The number of amides is 1. The Morgan fingerprint density at radius 3 is 2.19 bits per heavy atom. The molecule has 0 unspecified atom stereocenters. The van der Waals surface area contributed by atoms with E-state index in [4.69, 9.17) is 51.9 Å². The van der Waals surface area contributed by atoms with Crippen LogP contribution in [0.1, 0.15) is 98.4 Å². The minimum Gasteiger partial charge on any atom is -0.455 e. The van der Waals surface area contributed by atoms with Crippen molar-refractivity contribution >= 4 is 35.8 Å². The molecule has 11 atom stereocenters. The topological polar surface area (TPSA) is 235 Å². The lowest BCUT2D eigenvalue weighted by molar-refractivity contribution is -0.347. The second-order valence-corrected chi connectivity index (χ2v) is 18.4. The second-order valence-electron chi connectivity index (χ2n) is 18.4. The predicted molar refractivity (Wildman–Crippen MR) is 226 cm³/mol. The first kappa shape index (κ1) is 40.3. The summed E-state index contributed by atoms with van der Waals surface area (Å²) in [6.07, 6.45) is -13.3. The summed E-state index contributed by atoms with van der Waals surface area (Å²) in [5.41, 5.74) is -4.48. The van der Waals surface area contributed by atoms with Gasteiger partial charge in [0.1, 0.15) is 41.7 Å². The van der Waals surface area contributed by atoms with Crippen molar-refractivity contribution in [1.29, 1.82) is 0 Å². The highest BCUT2D eigenvalue weighted by Gasteiger charge is 2.78. The van der Waals surface area contributed by atoms with Gasteiger partial charge < -0.3 is 54.1 Å². The van der Waals surface area contributed by atoms with Crippen LogP contribution in [0.2, 0.25) is 0 Å². The van der Waals surface area contributed by atoms with Crippen LogP contribution in [-0.4, -0.2) is 122 Å². The first-order chi connectivity index (χ1) is 32.3. The van der Waals surface area contributed by atoms with Gasteiger partial charge in [-0.2, -0.15) is 0 Å². The fourth-order valence-electron chi connectivity index (χ4n) is 10.1. The number of nitrogens with one attached hydrogen (secondary N) is 1. The quantitative estimate of drug-likeness (QED) is 0.155. The standard InChI is InChI=1S/C47H60N2O15/c1-25-29(60-41(54)36(61-32(51)23-48)34(27-17-13-11-14-18-27)49-42(55)64-43(3,4)5)22-47(56)39(62-40(53)28-19-15-12-16-20-28)37-45(8,38(52)35(58-10)33(25)44(47,6)7)30(57-9)21-31-46(37,24-59-31)63-26(2)50/h11-20,29-31,34-37,39,56H,21-24,48H2,1-10H3,(H,49,55)/t29-,30-,31+,34-,35+,36+,37-,39-,45+,46-,47+/m0/s1/i9D3,10D3. The van der Waals surface area contributed by atoms with Gasteiger partial charge in [-0.15, -0.1) is 0 Å². The van der Waals surface area contributed by atoms with E-state index in [0.717, 1.165) is 6.92 Å². The lowest BCUT2D eigenvalue weighted by Gasteiger charge is -2.67. The van der Waals surface area contributed by atoms with Crippen molar-refractivity contribution in [3.63, 3.8) is 0 Å². The smallest absolute Gasteiger partial charge is 0.408 e. The highest BCUT2D eigenvalue weighted by atomic mass is 16.6. The molecule has 0 aromatic heterocycles. The van der Waals surface area contributed by atoms with E-state index in [-0.39, 0.29) is 22.3 Å². The number of carbonyl (C=O) groups excluding carboxylic acids is 6. The SMILES string of the molecule is [2H]C([2H])([2H])O[C@H]1C(=O)[C@]2(C)[C@@H](OC([2H])([2H])[2H])C[C@H]3OC[C@@]3(OC(C)=O)[C@H]2[C@H](OC(=O)c2ccccc2)[C@]2(O)C[C@H](OC(=O)[C@H](OC(=O)CN)[C@@H](NC(=O)OC(C)(C)C)c3ccccc3)C(C)=C1C2(C)C. The van der Waals surface area contributed by atoms with Gasteiger partial charge in [0.15, 0.2) is 11.4 Å². The van der Waals surface area contributed by atoms with Crippen LogP contribution in [0.4, 0.5) is 4.79 Å². The van der Waals surface area contributed by atoms with Crippen molar-refractivity contribution in [3.8, 4) is 0 Å². The Morgan fingerprint density at radius 1 is 0.984 bits per heavy atom. The number of Topliss-reactive ketones (excluding diaryl/α,β-unsaturated/α-hetero) is 1. The van der Waals surface area contributed by atoms with Crippen molar-refractivity contribution < 1.29 is 80.0 Å². The average molecular weight is 899 g/mol. The molecule has 2 aromatic rings. The molecule has 2 aromatic carbocycles. The molecule has 348 valence electrons. The number of alkyl carbamates (subject to hydrolysis) is 1. The van der Waals surface area contributed by atoms with Crippen molar-refractivity contribution in [1.82, 2.24) is 5.32 Å². The monoisotopic (exact) mass is 898 g/mol. The summed E-state index contributed by atoms with van der Waals surface area (Å²) in [4.78, 5) is 85.1. The molecule has 17 heteroatoms. The average Bonchev–Trinajstić information content (AvgIpc) is 3.24. The van der Waals surface area contributed by atoms with Gasteiger partial charge in [0.05, 0.1) is 44.4 Å². The number of benzene rings is 2. The molecule has 3 aliphatic carbocycles. The van der Waals surface area contributed by atoms with Crippen LogP contribution in [-0.2, 0) is 57.1 Å². The summed E-state index contributed by atoms with van der Waals surface area (Å²) in [5.74, 6) is -7.40. The Kier molecular flexibility index (Phi) is 11.3. The van der Waals surface area contributed by atoms with Crippen LogP contribution < -0.4 is 11.1 Å². The van der Waals surface area contributed by atoms with Gasteiger partial charge in [-0.3, -0.25) is 14.4 Å². The Bertz CT molecular complexity index is 2370. The number of esters is 4. The van der Waals surface area contributed by atoms with Gasteiger partial charge in [0.25, 0.3) is 0 Å². The zero-order valence-electron chi connectivity index (χ0n) is 43.0. The van der Waals surface area contributed by atoms with Crippen molar-refractivity contribution in [3.05, 3.63) is 82.9 Å². The van der Waals surface area contributed by atoms with Crippen LogP contribution in [0.15, 0.2) is 71.8 Å². The minimum absolute atomic E-state index is 0.0450. The highest BCUT2D eigenvalue weighted by molar-refractivity contribution is 5.94. The number of carbonyl (C=O) groups is 6. The van der Waals surface area contributed by atoms with E-state index < -0.39 is 152 Å². The number of aliphatic hydroxyl groups is 1. The van der Waals surface area contributed by atoms with Crippen LogP contribution >= 0.6 is 0 Å². The van der Waals surface area contributed by atoms with Crippen molar-refractivity contribution in [2.75, 3.05) is 27.2 Å². The first-order valence-corrected chi connectivity index (χ1v) is 20.8. The van der Waals surface area contributed by atoms with Crippen molar-refractivity contribution in [2.45, 2.75) is 128 Å². The molecule has 1 heterocycles. The van der Waals surface area contributed by atoms with E-state index in [9.17, 15) is 29.1 Å². The van der Waals surface area contributed by atoms with Crippen molar-refractivity contribution in [2.24, 2.45) is 22.5 Å². The molecule has 4 N–H and O–H groups in total. The van der Waals surface area contributed by atoms with Crippen LogP contribution in [0.3, 0.4) is 0 Å². The lowest BCUT2D eigenvalue weighted by Crippen LogP contribution is -2.82. The number of nitrogens with two attached hydrogens (primary N) is 1. The largest absolute Gasteiger partial charge is 0.455 e. The molecule has 0 radical (unpaired) electrons. The maximum absolute atomic E-state index is 16.0. The molecule has 1 aliphatic heterocycles. The van der Waals surface area contributed by atoms with Crippen LogP contribution in [0, 0.1) is 16.7 Å². The number of fused-ring (bicyclic) bond motifs is 5. The number of ether oxygens (including phenoxy) is 8. The maximum Gasteiger partial charge on any atom is 0.408 e. The molecule has 1 amide bonds. The number of methoxy groups -OCH3 is 2. The van der Waals surface area contributed by atoms with E-state index in [1.807, 2.05) is 0 Å². The number of hydrogen-bond donors (Lipinski definition) is 3. The van der Waals surface area contributed by atoms with Gasteiger partial charge in [0.2, 0.25) is 6.10 Å². The van der Waals surface area contributed by atoms with Gasteiger partial charge in [-0.05, 0) is 63.5 Å². The third-order valence-electron chi connectivity index (χ3n) is 13.2. The van der Waals surface area contributed by atoms with Crippen LogP contribution in [0.5, 0.6) is 0 Å². The molecule has 0 spiro atoms. The fourth-order valence-corrected chi connectivity index (χ4v) is 10.1. The van der Waals surface area contributed by atoms with Gasteiger partial charge in [-0.25, -0.2) is 14.4 Å². The Morgan fingerprint density at radius 2 is 1.62 bits per heavy atom. The molecule has 3 fully saturated rings. The molecule has 2 bridgehead atoms. The maximum atomic E-state index is 16.0. The summed E-state index contributed by atoms with van der Waals surface area (Å²) < 4.78 is 96.8. The number of rotatable bonds is 12. The van der Waals surface area contributed by atoms with E-state index in [1.165, 1.54) is 64.1 Å². The zero-order chi connectivity index (χ0) is 52.2. The third kappa shape index (κ3) is 8.43. The Hall–Kier alpha value is -5.20. The lowest BCUT2D eigenvalue weighted by atomic mass is 9.44. The normalized spacial score (nSPS) is 33.3. The molecule has 17 nitrogen and oxygen atoms in total. The third-order valence-corrected chi connectivity index (χ3v) is 13.2. The van der Waals surface area contributed by atoms with E-state index in [0.29, 0.717) is 0 Å². The predicted octanol–water partition coefficient (Wildman–Crippen LogP) is 4.08.